The van der Waals surface area contributed by atoms with E-state index in [1.807, 2.05) is 24.3 Å². The molecule has 0 amide bonds. The number of benzene rings is 1. The van der Waals surface area contributed by atoms with Gasteiger partial charge in [-0.2, -0.15) is 12.7 Å². The van der Waals surface area contributed by atoms with Gasteiger partial charge in [-0.25, -0.2) is 19.9 Å². The van der Waals surface area contributed by atoms with Crippen molar-refractivity contribution in [1.29, 1.82) is 0 Å². The monoisotopic (exact) mass is 614 g/mol. The Morgan fingerprint density at radius 1 is 0.941 bits per heavy atom. The quantitative estimate of drug-likeness (QED) is 0.361. The molecule has 0 atom stereocenters. The SMILES string of the molecule is O=S(=O)(Nc1ncnc(OCCOc2ncc(Br)cn2)c1-c1ccc(Br)cc1)N1CCOCC1. The Morgan fingerprint density at radius 2 is 1.62 bits per heavy atom. The highest BCUT2D eigenvalue weighted by Crippen LogP contribution is 2.35. The topological polar surface area (TPSA) is 129 Å². The molecule has 1 aliphatic rings. The summed E-state index contributed by atoms with van der Waals surface area (Å²) < 4.78 is 48.0. The van der Waals surface area contributed by atoms with Gasteiger partial charge in [-0.1, -0.05) is 28.1 Å². The van der Waals surface area contributed by atoms with Crippen LogP contribution in [0.4, 0.5) is 5.82 Å². The summed E-state index contributed by atoms with van der Waals surface area (Å²) in [5.74, 6) is 0.313. The molecule has 1 N–H and O–H groups in total. The third-order valence-electron chi connectivity index (χ3n) is 4.63. The van der Waals surface area contributed by atoms with Crippen LogP contribution < -0.4 is 14.2 Å². The maximum atomic E-state index is 13.0. The highest BCUT2D eigenvalue weighted by atomic mass is 79.9. The van der Waals surface area contributed by atoms with Gasteiger partial charge in [0.15, 0.2) is 5.82 Å². The lowest BCUT2D eigenvalue weighted by molar-refractivity contribution is 0.0733. The van der Waals surface area contributed by atoms with E-state index >= 15 is 0 Å². The van der Waals surface area contributed by atoms with Crippen molar-refractivity contribution >= 4 is 47.9 Å². The van der Waals surface area contributed by atoms with Gasteiger partial charge < -0.3 is 14.2 Å². The molecule has 180 valence electrons. The van der Waals surface area contributed by atoms with Gasteiger partial charge in [-0.3, -0.25) is 4.72 Å². The second-order valence-corrected chi connectivity index (χ2v) is 10.4. The fraction of sp³-hybridized carbons (Fsp3) is 0.300. The first-order chi connectivity index (χ1) is 16.4. The first-order valence-corrected chi connectivity index (χ1v) is 13.1. The van der Waals surface area contributed by atoms with Crippen LogP contribution in [0.3, 0.4) is 0 Å². The van der Waals surface area contributed by atoms with Crippen LogP contribution in [0, 0.1) is 0 Å². The largest absolute Gasteiger partial charge is 0.473 e. The number of anilines is 1. The highest BCUT2D eigenvalue weighted by Gasteiger charge is 2.27. The Kier molecular flexibility index (Phi) is 8.26. The summed E-state index contributed by atoms with van der Waals surface area (Å²) in [6, 6.07) is 7.50. The van der Waals surface area contributed by atoms with Crippen molar-refractivity contribution in [3.63, 3.8) is 0 Å². The van der Waals surface area contributed by atoms with Gasteiger partial charge in [0, 0.05) is 30.0 Å². The lowest BCUT2D eigenvalue weighted by atomic mass is 10.1. The van der Waals surface area contributed by atoms with E-state index in [1.165, 1.54) is 10.6 Å². The lowest BCUT2D eigenvalue weighted by Crippen LogP contribution is -2.43. The molecule has 4 rings (SSSR count). The van der Waals surface area contributed by atoms with Crippen LogP contribution in [0.5, 0.6) is 11.9 Å². The van der Waals surface area contributed by atoms with Crippen molar-refractivity contribution < 1.29 is 22.6 Å². The van der Waals surface area contributed by atoms with Gasteiger partial charge in [-0.05, 0) is 33.6 Å². The van der Waals surface area contributed by atoms with Crippen molar-refractivity contribution in [3.8, 4) is 23.0 Å². The molecule has 1 saturated heterocycles. The van der Waals surface area contributed by atoms with Gasteiger partial charge in [-0.15, -0.1) is 0 Å². The molecule has 0 aliphatic carbocycles. The smallest absolute Gasteiger partial charge is 0.316 e. The third-order valence-corrected chi connectivity index (χ3v) is 7.07. The van der Waals surface area contributed by atoms with Crippen LogP contribution in [0.25, 0.3) is 11.1 Å². The fourth-order valence-electron chi connectivity index (χ4n) is 3.05. The summed E-state index contributed by atoms with van der Waals surface area (Å²) in [6.07, 6.45) is 4.39. The lowest BCUT2D eigenvalue weighted by Gasteiger charge is -2.26. The molecule has 14 heteroatoms. The van der Waals surface area contributed by atoms with Gasteiger partial charge in [0.05, 0.1) is 23.2 Å². The average Bonchev–Trinajstić information content (AvgIpc) is 2.84. The molecule has 0 unspecified atom stereocenters. The van der Waals surface area contributed by atoms with Crippen LogP contribution in [-0.2, 0) is 14.9 Å². The zero-order valence-corrected chi connectivity index (χ0v) is 21.7. The number of hydrogen-bond donors (Lipinski definition) is 1. The summed E-state index contributed by atoms with van der Waals surface area (Å²) in [5, 5.41) is 0. The van der Waals surface area contributed by atoms with Gasteiger partial charge in [0.25, 0.3) is 0 Å². The molecule has 1 aliphatic heterocycles. The van der Waals surface area contributed by atoms with Gasteiger partial charge >= 0.3 is 16.2 Å². The number of nitrogens with zero attached hydrogens (tertiary/aromatic N) is 5. The van der Waals surface area contributed by atoms with E-state index in [4.69, 9.17) is 14.2 Å². The molecule has 11 nitrogen and oxygen atoms in total. The van der Waals surface area contributed by atoms with E-state index in [2.05, 4.69) is 56.5 Å². The number of hydrogen-bond acceptors (Lipinski definition) is 9. The predicted molar refractivity (Wildman–Crippen MR) is 131 cm³/mol. The van der Waals surface area contributed by atoms with Gasteiger partial charge in [0.2, 0.25) is 5.88 Å². The number of nitrogens with one attached hydrogen (secondary N) is 1. The zero-order chi connectivity index (χ0) is 24.0. The first-order valence-electron chi connectivity index (χ1n) is 10.1. The standard InChI is InChI=1S/C20H20Br2N6O5S/c21-15-3-1-14(2-4-15)17-18(27-34(29,30)28-5-7-31-8-6-28)25-13-26-19(17)32-9-10-33-20-23-11-16(22)12-24-20/h1-4,11-13H,5-10H2,(H,25,26,27). The second kappa shape index (κ2) is 11.4. The molecule has 1 fully saturated rings. The minimum absolute atomic E-state index is 0.107. The molecule has 0 spiro atoms. The highest BCUT2D eigenvalue weighted by molar-refractivity contribution is 9.10. The van der Waals surface area contributed by atoms with Crippen molar-refractivity contribution in [2.45, 2.75) is 0 Å². The molecule has 2 aromatic heterocycles. The minimum atomic E-state index is -3.85. The predicted octanol–water partition coefficient (Wildman–Crippen LogP) is 2.91. The Morgan fingerprint density at radius 3 is 2.32 bits per heavy atom. The average molecular weight is 616 g/mol. The maximum absolute atomic E-state index is 13.0. The Bertz CT molecular complexity index is 1210. The molecule has 0 bridgehead atoms. The van der Waals surface area contributed by atoms with Crippen LogP contribution in [0.1, 0.15) is 0 Å². The van der Waals surface area contributed by atoms with Crippen LogP contribution in [-0.4, -0.2) is 72.2 Å². The van der Waals surface area contributed by atoms with E-state index in [0.717, 1.165) is 8.95 Å². The zero-order valence-electron chi connectivity index (χ0n) is 17.7. The van der Waals surface area contributed by atoms with Crippen LogP contribution >= 0.6 is 31.9 Å². The Labute approximate surface area is 213 Å². The Balaban J connectivity index is 1.55. The summed E-state index contributed by atoms with van der Waals surface area (Å²) in [4.78, 5) is 16.5. The molecule has 3 aromatic rings. The third kappa shape index (κ3) is 6.39. The fourth-order valence-corrected chi connectivity index (χ4v) is 4.68. The molecule has 1 aromatic carbocycles. The first kappa shape index (κ1) is 24.7. The molecule has 3 heterocycles. The molecule has 34 heavy (non-hydrogen) atoms. The minimum Gasteiger partial charge on any atom is -0.473 e. The van der Waals surface area contributed by atoms with Gasteiger partial charge in [0.1, 0.15) is 19.5 Å². The number of morpholine rings is 1. The summed E-state index contributed by atoms with van der Waals surface area (Å²) in [6.45, 7) is 1.46. The number of ether oxygens (including phenoxy) is 3. The molecular formula is C20H20Br2N6O5S. The molecular weight excluding hydrogens is 596 g/mol. The number of halogens is 2. The van der Waals surface area contributed by atoms with Crippen molar-refractivity contribution in [2.24, 2.45) is 0 Å². The second-order valence-electron chi connectivity index (χ2n) is 6.91. The summed E-state index contributed by atoms with van der Waals surface area (Å²) >= 11 is 6.67. The van der Waals surface area contributed by atoms with E-state index in [0.29, 0.717) is 24.3 Å². The Hall–Kier alpha value is -2.39. The molecule has 0 saturated carbocycles. The van der Waals surface area contributed by atoms with E-state index in [-0.39, 0.29) is 44.0 Å². The molecule has 0 radical (unpaired) electrons. The van der Waals surface area contributed by atoms with Crippen molar-refractivity contribution in [1.82, 2.24) is 24.2 Å². The number of rotatable bonds is 9. The van der Waals surface area contributed by atoms with Crippen LogP contribution in [0.15, 0.2) is 51.9 Å². The summed E-state index contributed by atoms with van der Waals surface area (Å²) in [5.41, 5.74) is 1.09. The van der Waals surface area contributed by atoms with E-state index in [9.17, 15) is 8.42 Å². The van der Waals surface area contributed by atoms with Crippen LogP contribution in [0.2, 0.25) is 0 Å². The van der Waals surface area contributed by atoms with Crippen molar-refractivity contribution in [2.75, 3.05) is 44.2 Å². The van der Waals surface area contributed by atoms with Crippen molar-refractivity contribution in [3.05, 3.63) is 51.9 Å². The van der Waals surface area contributed by atoms with E-state index in [1.54, 1.807) is 12.4 Å². The maximum Gasteiger partial charge on any atom is 0.316 e. The number of aromatic nitrogens is 4. The normalized spacial score (nSPS) is 14.5. The summed E-state index contributed by atoms with van der Waals surface area (Å²) in [7, 11) is -3.85. The van der Waals surface area contributed by atoms with E-state index < -0.39 is 10.2 Å².